The fourth-order valence-corrected chi connectivity index (χ4v) is 5.31. The van der Waals surface area contributed by atoms with Crippen LogP contribution >= 0.6 is 0 Å². The fraction of sp³-hybridized carbons (Fsp3) is 0.387. The Balaban J connectivity index is 1.23. The van der Waals surface area contributed by atoms with Crippen LogP contribution in [-0.2, 0) is 11.2 Å². The van der Waals surface area contributed by atoms with Gasteiger partial charge in [-0.25, -0.2) is 14.8 Å². The van der Waals surface area contributed by atoms with E-state index in [0.29, 0.717) is 42.9 Å². The number of carbonyl (C=O) groups excluding carboxylic acids is 3. The first-order valence-electron chi connectivity index (χ1n) is 14.0. The number of rotatable bonds is 6. The zero-order chi connectivity index (χ0) is 30.0. The average molecular weight is 573 g/mol. The first-order chi connectivity index (χ1) is 20.0. The van der Waals surface area contributed by atoms with Crippen molar-refractivity contribution in [3.63, 3.8) is 0 Å². The van der Waals surface area contributed by atoms with Crippen LogP contribution in [-0.4, -0.2) is 69.2 Å². The Morgan fingerprint density at radius 1 is 1.12 bits per heavy atom. The molecule has 2 aromatic carbocycles. The molecule has 1 aliphatic carbocycles. The maximum absolute atomic E-state index is 13.1. The van der Waals surface area contributed by atoms with Crippen LogP contribution in [0, 0.1) is 5.92 Å². The van der Waals surface area contributed by atoms with E-state index in [1.54, 1.807) is 29.2 Å². The number of carbonyl (C=O) groups is 3. The zero-order valence-electron chi connectivity index (χ0n) is 24.0. The predicted molar refractivity (Wildman–Crippen MR) is 156 cm³/mol. The molecule has 1 aromatic heterocycles. The molecule has 3 amide bonds. The first kappa shape index (κ1) is 29.0. The second kappa shape index (κ2) is 11.8. The molecule has 1 fully saturated rings. The average Bonchev–Trinajstić information content (AvgIpc) is 3.55. The topological polar surface area (TPSA) is 160 Å². The van der Waals surface area contributed by atoms with Gasteiger partial charge in [0.25, 0.3) is 11.8 Å². The number of nitrogen functional groups attached to an aromatic ring is 1. The minimum atomic E-state index is -0.705. The molecule has 0 radical (unpaired) electrons. The van der Waals surface area contributed by atoms with E-state index >= 15 is 0 Å². The molecule has 3 atom stereocenters. The monoisotopic (exact) mass is 572 g/mol. The van der Waals surface area contributed by atoms with E-state index in [1.165, 1.54) is 6.20 Å². The summed E-state index contributed by atoms with van der Waals surface area (Å²) in [5.74, 6) is -0.753. The summed E-state index contributed by atoms with van der Waals surface area (Å²) in [5.41, 5.74) is 8.68. The van der Waals surface area contributed by atoms with Gasteiger partial charge in [0.05, 0.1) is 24.0 Å². The lowest BCUT2D eigenvalue weighted by molar-refractivity contribution is 0.0288. The molecule has 11 nitrogen and oxygen atoms in total. The molecule has 0 bridgehead atoms. The molecule has 220 valence electrons. The number of likely N-dealkylation sites (tertiary alicyclic amines) is 1. The lowest BCUT2D eigenvalue weighted by Gasteiger charge is -2.24. The van der Waals surface area contributed by atoms with Gasteiger partial charge in [-0.15, -0.1) is 0 Å². The Labute approximate surface area is 244 Å². The number of fused-ring (bicyclic) bond motifs is 1. The van der Waals surface area contributed by atoms with Gasteiger partial charge in [0.1, 0.15) is 5.60 Å². The summed E-state index contributed by atoms with van der Waals surface area (Å²) < 4.78 is 5.44. The summed E-state index contributed by atoms with van der Waals surface area (Å²) in [5, 5.41) is 16.3. The van der Waals surface area contributed by atoms with Crippen molar-refractivity contribution >= 4 is 23.7 Å². The minimum absolute atomic E-state index is 0.0131. The van der Waals surface area contributed by atoms with E-state index in [9.17, 15) is 19.5 Å². The number of hydrogen-bond donors (Lipinski definition) is 4. The van der Waals surface area contributed by atoms with Gasteiger partial charge in [0, 0.05) is 37.2 Å². The van der Waals surface area contributed by atoms with Crippen LogP contribution in [0.4, 0.5) is 10.6 Å². The lowest BCUT2D eigenvalue weighted by Crippen LogP contribution is -2.36. The Kier molecular flexibility index (Phi) is 8.13. The third-order valence-electron chi connectivity index (χ3n) is 7.42. The van der Waals surface area contributed by atoms with Gasteiger partial charge in [0.15, 0.2) is 11.5 Å². The van der Waals surface area contributed by atoms with E-state index in [2.05, 4.69) is 20.6 Å². The zero-order valence-corrected chi connectivity index (χ0v) is 24.0. The Morgan fingerprint density at radius 3 is 2.69 bits per heavy atom. The number of anilines is 1. The molecule has 1 aliphatic heterocycles. The molecule has 11 heteroatoms. The Morgan fingerprint density at radius 2 is 1.90 bits per heavy atom. The van der Waals surface area contributed by atoms with Crippen molar-refractivity contribution in [1.29, 1.82) is 0 Å². The summed E-state index contributed by atoms with van der Waals surface area (Å²) >= 11 is 0. The molecule has 5 rings (SSSR count). The summed E-state index contributed by atoms with van der Waals surface area (Å²) in [4.78, 5) is 48.8. The van der Waals surface area contributed by atoms with Crippen LogP contribution in [0.5, 0.6) is 0 Å². The minimum Gasteiger partial charge on any atom is -0.444 e. The second-order valence-corrected chi connectivity index (χ2v) is 11.8. The van der Waals surface area contributed by atoms with Crippen molar-refractivity contribution < 1.29 is 24.2 Å². The smallest absolute Gasteiger partial charge is 0.410 e. The largest absolute Gasteiger partial charge is 0.444 e. The standard InChI is InChI=1S/C31H36N6O5/c1-31(2,3)42-30(41)37-12-11-18(17-37)15-34-29(40)26-27(32)33-16-23(35-26)20-8-6-9-21(13-20)28(39)36-25-22-10-5-4-7-19(22)14-24(25)38/h4-10,13,16,18,24-25,38H,11-12,14-15,17H2,1-3H3,(H2,32,33)(H,34,40)(H,36,39)/t18-,24+,25-/m1/s1. The maximum atomic E-state index is 13.1. The van der Waals surface area contributed by atoms with Gasteiger partial charge in [-0.1, -0.05) is 36.4 Å². The molecule has 0 saturated carbocycles. The highest BCUT2D eigenvalue weighted by molar-refractivity contribution is 5.97. The third-order valence-corrected chi connectivity index (χ3v) is 7.42. The Hall–Kier alpha value is -4.51. The van der Waals surface area contributed by atoms with E-state index < -0.39 is 23.7 Å². The summed E-state index contributed by atoms with van der Waals surface area (Å²) in [6.07, 6.45) is 1.60. The van der Waals surface area contributed by atoms with Crippen molar-refractivity contribution in [2.75, 3.05) is 25.4 Å². The number of hydrogen-bond acceptors (Lipinski definition) is 8. The second-order valence-electron chi connectivity index (χ2n) is 11.8. The fourth-order valence-electron chi connectivity index (χ4n) is 5.31. The summed E-state index contributed by atoms with van der Waals surface area (Å²) in [6, 6.07) is 14.0. The number of ether oxygens (including phenoxy) is 1. The quantitative estimate of drug-likeness (QED) is 0.351. The van der Waals surface area contributed by atoms with Crippen molar-refractivity contribution in [3.05, 3.63) is 77.1 Å². The maximum Gasteiger partial charge on any atom is 0.410 e. The summed E-state index contributed by atoms with van der Waals surface area (Å²) in [6.45, 7) is 6.85. The van der Waals surface area contributed by atoms with Gasteiger partial charge in [-0.3, -0.25) is 9.59 Å². The molecule has 0 unspecified atom stereocenters. The van der Waals surface area contributed by atoms with Crippen molar-refractivity contribution in [2.45, 2.75) is 51.4 Å². The number of nitrogens with two attached hydrogens (primary N) is 1. The van der Waals surface area contributed by atoms with Crippen LogP contribution in [0.25, 0.3) is 11.3 Å². The van der Waals surface area contributed by atoms with E-state index in [-0.39, 0.29) is 29.4 Å². The van der Waals surface area contributed by atoms with Crippen molar-refractivity contribution in [1.82, 2.24) is 25.5 Å². The normalized spacial score (nSPS) is 19.7. The van der Waals surface area contributed by atoms with Crippen LogP contribution in [0.3, 0.4) is 0 Å². The summed E-state index contributed by atoms with van der Waals surface area (Å²) in [7, 11) is 0. The van der Waals surface area contributed by atoms with E-state index in [1.807, 2.05) is 45.0 Å². The number of aliphatic hydroxyl groups excluding tert-OH is 1. The Bertz CT molecular complexity index is 1500. The van der Waals surface area contributed by atoms with Gasteiger partial charge in [0.2, 0.25) is 0 Å². The first-order valence-corrected chi connectivity index (χ1v) is 14.0. The number of amides is 3. The van der Waals surface area contributed by atoms with Crippen LogP contribution in [0.2, 0.25) is 0 Å². The molecule has 2 heterocycles. The molecule has 1 saturated heterocycles. The van der Waals surface area contributed by atoms with E-state index in [4.69, 9.17) is 10.5 Å². The number of benzene rings is 2. The molecule has 2 aliphatic rings. The lowest BCUT2D eigenvalue weighted by atomic mass is 10.1. The van der Waals surface area contributed by atoms with Gasteiger partial charge < -0.3 is 31.1 Å². The van der Waals surface area contributed by atoms with Gasteiger partial charge >= 0.3 is 6.09 Å². The third kappa shape index (κ3) is 6.52. The number of nitrogens with one attached hydrogen (secondary N) is 2. The predicted octanol–water partition coefficient (Wildman–Crippen LogP) is 3.10. The number of aromatic nitrogens is 2. The number of aliphatic hydroxyl groups is 1. The van der Waals surface area contributed by atoms with E-state index in [0.717, 1.165) is 17.5 Å². The SMILES string of the molecule is CC(C)(C)OC(=O)N1CC[C@H](CNC(=O)c2nc(-c3cccc(C(=O)N[C@@H]4c5ccccc5C[C@@H]4O)c3)cnc2N)C1. The van der Waals surface area contributed by atoms with Gasteiger partial charge in [-0.2, -0.15) is 0 Å². The molecule has 5 N–H and O–H groups in total. The molecule has 3 aromatic rings. The van der Waals surface area contributed by atoms with Crippen molar-refractivity contribution in [2.24, 2.45) is 5.92 Å². The van der Waals surface area contributed by atoms with Crippen molar-refractivity contribution in [3.8, 4) is 11.3 Å². The highest BCUT2D eigenvalue weighted by Crippen LogP contribution is 2.31. The highest BCUT2D eigenvalue weighted by atomic mass is 16.6. The van der Waals surface area contributed by atoms with Crippen LogP contribution in [0.1, 0.15) is 65.2 Å². The molecule has 0 spiro atoms. The molecule has 42 heavy (non-hydrogen) atoms. The van der Waals surface area contributed by atoms with Gasteiger partial charge in [-0.05, 0) is 56.4 Å². The molecular formula is C31H36N6O5. The highest BCUT2D eigenvalue weighted by Gasteiger charge is 2.32. The van der Waals surface area contributed by atoms with Crippen LogP contribution in [0.15, 0.2) is 54.7 Å². The van der Waals surface area contributed by atoms with Crippen LogP contribution < -0.4 is 16.4 Å². The molecular weight excluding hydrogens is 536 g/mol. The number of nitrogens with zero attached hydrogens (tertiary/aromatic N) is 3.